The molecule has 0 saturated carbocycles. The molecule has 22 heteroatoms. The summed E-state index contributed by atoms with van der Waals surface area (Å²) in [5.41, 5.74) is 0. The minimum atomic E-state index is -2.40. The Morgan fingerprint density at radius 2 is 1.18 bits per heavy atom. The lowest BCUT2D eigenvalue weighted by atomic mass is 9.82. The van der Waals surface area contributed by atoms with Gasteiger partial charge < -0.3 is 84.6 Å². The number of carboxylic acids is 1. The van der Waals surface area contributed by atoms with Gasteiger partial charge in [0.05, 0.1) is 93.8 Å². The van der Waals surface area contributed by atoms with E-state index in [9.17, 15) is 75.3 Å². The molecular formula is C57H89NO21. The average molecular weight is 1120 g/mol. The van der Waals surface area contributed by atoms with Crippen LogP contribution in [-0.4, -0.2) is 210 Å². The van der Waals surface area contributed by atoms with Gasteiger partial charge in [-0.2, -0.15) is 0 Å². The maximum Gasteiger partial charge on any atom is 0.311 e. The highest BCUT2D eigenvalue weighted by Crippen LogP contribution is 2.38. The molecule has 2 saturated heterocycles. The van der Waals surface area contributed by atoms with Gasteiger partial charge in [-0.3, -0.25) is 24.1 Å². The summed E-state index contributed by atoms with van der Waals surface area (Å²) >= 11 is 0. The molecular weight excluding hydrogens is 1030 g/mol. The molecule has 448 valence electrons. The predicted molar refractivity (Wildman–Crippen MR) is 287 cm³/mol. The van der Waals surface area contributed by atoms with Crippen molar-refractivity contribution in [3.05, 3.63) is 85.1 Å². The van der Waals surface area contributed by atoms with Crippen molar-refractivity contribution >= 4 is 23.9 Å². The van der Waals surface area contributed by atoms with Gasteiger partial charge in [0.15, 0.2) is 12.1 Å². The fourth-order valence-corrected chi connectivity index (χ4v) is 9.81. The molecule has 79 heavy (non-hydrogen) atoms. The summed E-state index contributed by atoms with van der Waals surface area (Å²) in [6.07, 6.45) is 2.64. The molecule has 2 bridgehead atoms. The second-order valence-electron chi connectivity index (χ2n) is 20.9. The van der Waals surface area contributed by atoms with E-state index in [2.05, 4.69) is 0 Å². The number of carboxylic acid groups (broad SMARTS) is 1. The Balaban J connectivity index is 1.98. The molecule has 0 spiro atoms. The highest BCUT2D eigenvalue weighted by Gasteiger charge is 2.51. The number of rotatable bonds is 12. The maximum atomic E-state index is 12.8. The Morgan fingerprint density at radius 1 is 0.633 bits per heavy atom. The number of methoxy groups -OCH3 is 2. The van der Waals surface area contributed by atoms with Gasteiger partial charge in [-0.15, -0.1) is 0 Å². The Hall–Kier alpha value is -4.50. The quantitative estimate of drug-likeness (QED) is 0.0983. The number of allylic oxidation sites excluding steroid dienone is 12. The molecule has 3 aliphatic rings. The highest BCUT2D eigenvalue weighted by molar-refractivity contribution is 5.72. The Bertz CT molecular complexity index is 2040. The third-order valence-electron chi connectivity index (χ3n) is 14.5. The molecule has 3 aliphatic heterocycles. The van der Waals surface area contributed by atoms with E-state index in [1.54, 1.807) is 98.6 Å². The third kappa shape index (κ3) is 24.2. The van der Waals surface area contributed by atoms with Crippen LogP contribution in [0.5, 0.6) is 0 Å². The minimum absolute atomic E-state index is 0.0174. The Kier molecular flexibility index (Phi) is 30.8. The van der Waals surface area contributed by atoms with Crippen molar-refractivity contribution in [3.63, 3.8) is 0 Å². The van der Waals surface area contributed by atoms with Crippen LogP contribution >= 0.6 is 0 Å². The van der Waals surface area contributed by atoms with Gasteiger partial charge in [-0.05, 0) is 59.0 Å². The van der Waals surface area contributed by atoms with Gasteiger partial charge in [0.25, 0.3) is 0 Å². The number of carbonyl (C=O) groups is 4. The van der Waals surface area contributed by atoms with Gasteiger partial charge in [-0.25, -0.2) is 0 Å². The third-order valence-corrected chi connectivity index (χ3v) is 14.5. The molecule has 0 aromatic heterocycles. The maximum absolute atomic E-state index is 12.8. The second kappa shape index (κ2) is 35.4. The fourth-order valence-electron chi connectivity index (χ4n) is 9.81. The van der Waals surface area contributed by atoms with Crippen molar-refractivity contribution in [1.82, 2.24) is 4.90 Å². The molecule has 11 unspecified atom stereocenters. The molecule has 0 amide bonds. The number of esters is 3. The van der Waals surface area contributed by atoms with Gasteiger partial charge in [0.2, 0.25) is 0 Å². The van der Waals surface area contributed by atoms with Crippen molar-refractivity contribution in [3.8, 4) is 0 Å². The Morgan fingerprint density at radius 3 is 1.72 bits per heavy atom. The first-order valence-corrected chi connectivity index (χ1v) is 27.2. The summed E-state index contributed by atoms with van der Waals surface area (Å²) in [7, 11) is 2.50. The molecule has 2 fully saturated rings. The molecule has 0 radical (unpaired) electrons. The minimum Gasteiger partial charge on any atom is -0.481 e. The van der Waals surface area contributed by atoms with Crippen LogP contribution in [0.25, 0.3) is 0 Å². The standard InChI is InChI=1S/C57H89NO21/c1-35-21-17-15-13-11-9-7-8-10-12-14-16-18-22-42(78-56-54(70)51(53(69)38(4)77-56)58(27-19-23-47(65)74-5)28-20-24-48(66)75-6)32-46-50(55(71)72)45(64)34-57(73,79-46)33-41(61)30-44(63)43(62)26-25-39(59)29-40(60)31-49(67)76-37(3)36(2)52(35)68/h7-18,21-22,35-46,50-54,56,59-64,68-70,73H,19-20,23-34H2,1-6H3,(H,71,72)/b8-7+,11-9+,12-10+,15-13+,16-14+,21-17+,22-18+/t35-,36-,37-,38+,39?,40?,41?,42?,43?,44?,45-,46?,50?,51-,52?,53?,54-,56-,57?/m0/s1. The van der Waals surface area contributed by atoms with Crippen LogP contribution < -0.4 is 0 Å². The number of ether oxygens (including phenoxy) is 6. The number of aliphatic hydroxyl groups excluding tert-OH is 9. The number of cyclic esters (lactones) is 1. The monoisotopic (exact) mass is 1120 g/mol. The summed E-state index contributed by atoms with van der Waals surface area (Å²) in [5.74, 6) is -8.03. The van der Waals surface area contributed by atoms with Crippen molar-refractivity contribution in [1.29, 1.82) is 0 Å². The lowest BCUT2D eigenvalue weighted by Gasteiger charge is -2.47. The fraction of sp³-hybridized carbons (Fsp3) is 0.684. The van der Waals surface area contributed by atoms with Crippen molar-refractivity contribution in [2.45, 2.75) is 202 Å². The zero-order chi connectivity index (χ0) is 58.8. The van der Waals surface area contributed by atoms with Crippen molar-refractivity contribution in [2.75, 3.05) is 27.3 Å². The molecule has 22 nitrogen and oxygen atoms in total. The number of aliphatic hydroxyl groups is 10. The first-order valence-electron chi connectivity index (χ1n) is 27.2. The van der Waals surface area contributed by atoms with Crippen LogP contribution in [0.3, 0.4) is 0 Å². The number of hydrogen-bond acceptors (Lipinski definition) is 21. The van der Waals surface area contributed by atoms with Crippen LogP contribution in [0.4, 0.5) is 0 Å². The normalized spacial score (nSPS) is 39.4. The SMILES string of the molecule is COC(=O)CCCN(CCCC(=O)OC)[C@H]1C(O)[C@@H](C)O[C@@H](OC2/C=C/C=C/C=C/C=C/C=C/C=C/C=C/[C@H](C)C(O)[C@@H](C)[C@H](C)OC(=O)CC(O)CC(O)CCC(O)C(O)CC(O)CC3(O)C[C@H](O)C(C(=O)O)C(C2)O3)[C@H]1O. The summed E-state index contributed by atoms with van der Waals surface area (Å²) in [6, 6.07) is -1.08. The summed E-state index contributed by atoms with van der Waals surface area (Å²) in [5, 5.41) is 122. The zero-order valence-corrected chi connectivity index (χ0v) is 46.3. The van der Waals surface area contributed by atoms with Gasteiger partial charge in [-0.1, -0.05) is 98.9 Å². The van der Waals surface area contributed by atoms with E-state index in [0.717, 1.165) is 0 Å². The number of hydrogen-bond donors (Lipinski definition) is 11. The number of carbonyl (C=O) groups excluding carboxylic acids is 3. The summed E-state index contributed by atoms with van der Waals surface area (Å²) in [4.78, 5) is 51.3. The van der Waals surface area contributed by atoms with E-state index in [1.165, 1.54) is 20.3 Å². The van der Waals surface area contributed by atoms with E-state index >= 15 is 0 Å². The topological polar surface area (TPSA) is 349 Å². The van der Waals surface area contributed by atoms with Crippen LogP contribution in [0.1, 0.15) is 105 Å². The van der Waals surface area contributed by atoms with E-state index in [1.807, 2.05) is 13.0 Å². The Labute approximate surface area is 463 Å². The smallest absolute Gasteiger partial charge is 0.311 e. The largest absolute Gasteiger partial charge is 0.481 e. The van der Waals surface area contributed by atoms with Crippen LogP contribution in [0.15, 0.2) is 85.1 Å². The zero-order valence-electron chi connectivity index (χ0n) is 46.3. The predicted octanol–water partition coefficient (Wildman–Crippen LogP) is 1.96. The molecule has 0 aromatic rings. The molecule has 0 aromatic carbocycles. The van der Waals surface area contributed by atoms with Crippen LogP contribution in [0.2, 0.25) is 0 Å². The van der Waals surface area contributed by atoms with E-state index in [4.69, 9.17) is 28.4 Å². The number of aliphatic carboxylic acids is 1. The van der Waals surface area contributed by atoms with Crippen molar-refractivity contribution < 1.29 is 104 Å². The molecule has 0 aliphatic carbocycles. The van der Waals surface area contributed by atoms with Gasteiger partial charge in [0.1, 0.15) is 18.1 Å². The van der Waals surface area contributed by atoms with E-state index in [0.29, 0.717) is 0 Å². The highest BCUT2D eigenvalue weighted by atomic mass is 16.7. The average Bonchev–Trinajstić information content (AvgIpc) is 3.38. The van der Waals surface area contributed by atoms with Crippen LogP contribution in [0, 0.1) is 17.8 Å². The first-order chi connectivity index (χ1) is 37.4. The summed E-state index contributed by atoms with van der Waals surface area (Å²) in [6.45, 7) is 7.09. The number of nitrogens with zero attached hydrogens (tertiary/aromatic N) is 1. The molecule has 19 atom stereocenters. The van der Waals surface area contributed by atoms with E-state index in [-0.39, 0.29) is 64.0 Å². The van der Waals surface area contributed by atoms with Crippen LogP contribution in [-0.2, 0) is 47.6 Å². The first kappa shape index (κ1) is 68.8. The lowest BCUT2D eigenvalue weighted by Crippen LogP contribution is -2.64. The second-order valence-corrected chi connectivity index (χ2v) is 20.9. The lowest BCUT2D eigenvalue weighted by molar-refractivity contribution is -0.312. The van der Waals surface area contributed by atoms with Crippen molar-refractivity contribution in [2.24, 2.45) is 17.8 Å². The van der Waals surface area contributed by atoms with E-state index < -0.39 is 165 Å². The van der Waals surface area contributed by atoms with Gasteiger partial charge >= 0.3 is 23.9 Å². The molecule has 11 N–H and O–H groups in total. The summed E-state index contributed by atoms with van der Waals surface area (Å²) < 4.78 is 33.5. The van der Waals surface area contributed by atoms with Gasteiger partial charge in [0, 0.05) is 50.4 Å². The molecule has 3 heterocycles. The molecule has 3 rings (SSSR count). The number of fused-ring (bicyclic) bond motifs is 2.